The van der Waals surface area contributed by atoms with E-state index in [2.05, 4.69) is 21.7 Å². The Hall–Kier alpha value is -0.830. The van der Waals surface area contributed by atoms with Crippen molar-refractivity contribution in [3.05, 3.63) is 22.4 Å². The van der Waals surface area contributed by atoms with Crippen LogP contribution in [0, 0.1) is 11.3 Å². The van der Waals surface area contributed by atoms with E-state index in [9.17, 15) is 0 Å². The maximum absolute atomic E-state index is 8.12. The standard InChI is InChI=1S/C12H18N2S/c1-14(8-10-6-7-15-9-10)12(13)11-4-2-3-5-11/h6-7,9,11,13H,2-5,8H2,1H3. The smallest absolute Gasteiger partial charge is 0.0989 e. The Morgan fingerprint density at radius 3 is 2.87 bits per heavy atom. The van der Waals surface area contributed by atoms with Crippen LogP contribution in [0.2, 0.25) is 0 Å². The first-order valence-electron chi connectivity index (χ1n) is 5.58. The molecule has 1 saturated carbocycles. The van der Waals surface area contributed by atoms with E-state index in [0.717, 1.165) is 12.4 Å². The summed E-state index contributed by atoms with van der Waals surface area (Å²) < 4.78 is 0. The largest absolute Gasteiger partial charge is 0.359 e. The van der Waals surface area contributed by atoms with Gasteiger partial charge in [0.25, 0.3) is 0 Å². The van der Waals surface area contributed by atoms with Crippen molar-refractivity contribution in [2.24, 2.45) is 5.92 Å². The first-order valence-corrected chi connectivity index (χ1v) is 6.52. The van der Waals surface area contributed by atoms with Crippen molar-refractivity contribution in [3.63, 3.8) is 0 Å². The van der Waals surface area contributed by atoms with E-state index < -0.39 is 0 Å². The number of hydrogen-bond donors (Lipinski definition) is 1. The summed E-state index contributed by atoms with van der Waals surface area (Å²) in [6.45, 7) is 0.888. The second-order valence-corrected chi connectivity index (χ2v) is 5.13. The van der Waals surface area contributed by atoms with Crippen LogP contribution in [0.15, 0.2) is 16.8 Å². The Morgan fingerprint density at radius 2 is 2.27 bits per heavy atom. The van der Waals surface area contributed by atoms with Gasteiger partial charge in [0.05, 0.1) is 5.84 Å². The molecule has 2 rings (SSSR count). The van der Waals surface area contributed by atoms with Gasteiger partial charge in [0.15, 0.2) is 0 Å². The highest BCUT2D eigenvalue weighted by Crippen LogP contribution is 2.26. The molecule has 1 aliphatic carbocycles. The third-order valence-corrected chi connectivity index (χ3v) is 3.89. The van der Waals surface area contributed by atoms with Crippen molar-refractivity contribution in [1.82, 2.24) is 4.90 Å². The van der Waals surface area contributed by atoms with Crippen molar-refractivity contribution in [2.45, 2.75) is 32.2 Å². The fourth-order valence-electron chi connectivity index (χ4n) is 2.25. The minimum atomic E-state index is 0.522. The molecular formula is C12H18N2S. The molecule has 1 aliphatic rings. The zero-order valence-corrected chi connectivity index (χ0v) is 10.0. The molecule has 0 unspecified atom stereocenters. The van der Waals surface area contributed by atoms with E-state index in [-0.39, 0.29) is 0 Å². The summed E-state index contributed by atoms with van der Waals surface area (Å²) in [7, 11) is 2.04. The van der Waals surface area contributed by atoms with E-state index in [1.165, 1.54) is 31.2 Å². The second-order valence-electron chi connectivity index (χ2n) is 4.35. The van der Waals surface area contributed by atoms with Gasteiger partial charge in [0.2, 0.25) is 0 Å². The van der Waals surface area contributed by atoms with Crippen molar-refractivity contribution in [1.29, 1.82) is 5.41 Å². The lowest BCUT2D eigenvalue weighted by Gasteiger charge is -2.23. The summed E-state index contributed by atoms with van der Waals surface area (Å²) in [4.78, 5) is 2.10. The first-order chi connectivity index (χ1) is 7.27. The molecule has 0 amide bonds. The van der Waals surface area contributed by atoms with Crippen molar-refractivity contribution >= 4 is 17.2 Å². The molecule has 15 heavy (non-hydrogen) atoms. The van der Waals surface area contributed by atoms with E-state index in [1.54, 1.807) is 11.3 Å². The highest BCUT2D eigenvalue weighted by molar-refractivity contribution is 7.07. The lowest BCUT2D eigenvalue weighted by molar-refractivity contribution is 0.456. The Balaban J connectivity index is 1.89. The number of amidine groups is 1. The van der Waals surface area contributed by atoms with Crippen molar-refractivity contribution in [2.75, 3.05) is 7.05 Å². The highest BCUT2D eigenvalue weighted by atomic mass is 32.1. The van der Waals surface area contributed by atoms with Crippen LogP contribution in [0.3, 0.4) is 0 Å². The molecule has 1 aromatic rings. The topological polar surface area (TPSA) is 27.1 Å². The Bertz CT molecular complexity index is 312. The van der Waals surface area contributed by atoms with Gasteiger partial charge in [-0.1, -0.05) is 12.8 Å². The molecule has 0 radical (unpaired) electrons. The van der Waals surface area contributed by atoms with Gasteiger partial charge in [-0.15, -0.1) is 0 Å². The number of nitrogens with zero attached hydrogens (tertiary/aromatic N) is 1. The van der Waals surface area contributed by atoms with Crippen LogP contribution in [0.1, 0.15) is 31.2 Å². The predicted molar refractivity (Wildman–Crippen MR) is 65.5 cm³/mol. The molecule has 0 aliphatic heterocycles. The van der Waals surface area contributed by atoms with Crippen LogP contribution in [-0.2, 0) is 6.54 Å². The number of thiophene rings is 1. The van der Waals surface area contributed by atoms with Crippen molar-refractivity contribution < 1.29 is 0 Å². The molecule has 1 aromatic heterocycles. The van der Waals surface area contributed by atoms with Gasteiger partial charge >= 0.3 is 0 Å². The molecular weight excluding hydrogens is 204 g/mol. The first kappa shape index (κ1) is 10.7. The van der Waals surface area contributed by atoms with Crippen LogP contribution in [0.5, 0.6) is 0 Å². The van der Waals surface area contributed by atoms with Crippen LogP contribution in [0.4, 0.5) is 0 Å². The zero-order valence-electron chi connectivity index (χ0n) is 9.20. The van der Waals surface area contributed by atoms with Gasteiger partial charge in [-0.05, 0) is 35.2 Å². The fraction of sp³-hybridized carbons (Fsp3) is 0.583. The zero-order chi connectivity index (χ0) is 10.7. The molecule has 82 valence electrons. The lowest BCUT2D eigenvalue weighted by Crippen LogP contribution is -2.30. The number of rotatable bonds is 3. The number of hydrogen-bond acceptors (Lipinski definition) is 2. The molecule has 0 spiro atoms. The molecule has 1 N–H and O–H groups in total. The van der Waals surface area contributed by atoms with Crippen LogP contribution < -0.4 is 0 Å². The maximum Gasteiger partial charge on any atom is 0.0989 e. The Kier molecular flexibility index (Phi) is 3.41. The fourth-order valence-corrected chi connectivity index (χ4v) is 2.91. The normalized spacial score (nSPS) is 16.9. The predicted octanol–water partition coefficient (Wildman–Crippen LogP) is 3.35. The molecule has 0 bridgehead atoms. The average molecular weight is 222 g/mol. The molecule has 0 saturated heterocycles. The van der Waals surface area contributed by atoms with Gasteiger partial charge in [0, 0.05) is 19.5 Å². The lowest BCUT2D eigenvalue weighted by atomic mass is 10.1. The van der Waals surface area contributed by atoms with Gasteiger partial charge in [-0.25, -0.2) is 0 Å². The summed E-state index contributed by atoms with van der Waals surface area (Å²) in [5.41, 5.74) is 1.32. The number of nitrogens with one attached hydrogen (secondary N) is 1. The van der Waals surface area contributed by atoms with Gasteiger partial charge in [-0.2, -0.15) is 11.3 Å². The summed E-state index contributed by atoms with van der Waals surface area (Å²) in [5.74, 6) is 1.35. The van der Waals surface area contributed by atoms with Crippen molar-refractivity contribution in [3.8, 4) is 0 Å². The van der Waals surface area contributed by atoms with Gasteiger partial charge in [-0.3, -0.25) is 5.41 Å². The van der Waals surface area contributed by atoms with E-state index in [1.807, 2.05) is 7.05 Å². The highest BCUT2D eigenvalue weighted by Gasteiger charge is 2.22. The maximum atomic E-state index is 8.12. The third-order valence-electron chi connectivity index (χ3n) is 3.15. The van der Waals surface area contributed by atoms with E-state index in [4.69, 9.17) is 5.41 Å². The van der Waals surface area contributed by atoms with Crippen LogP contribution >= 0.6 is 11.3 Å². The Morgan fingerprint density at radius 1 is 1.53 bits per heavy atom. The minimum absolute atomic E-state index is 0.522. The third kappa shape index (κ3) is 2.59. The van der Waals surface area contributed by atoms with E-state index >= 15 is 0 Å². The molecule has 0 aromatic carbocycles. The summed E-state index contributed by atoms with van der Waals surface area (Å²) in [6, 6.07) is 2.14. The molecule has 2 nitrogen and oxygen atoms in total. The monoisotopic (exact) mass is 222 g/mol. The molecule has 1 fully saturated rings. The summed E-state index contributed by atoms with van der Waals surface area (Å²) in [5, 5.41) is 12.4. The summed E-state index contributed by atoms with van der Waals surface area (Å²) >= 11 is 1.73. The van der Waals surface area contributed by atoms with Gasteiger partial charge < -0.3 is 4.90 Å². The van der Waals surface area contributed by atoms with E-state index in [0.29, 0.717) is 5.92 Å². The van der Waals surface area contributed by atoms with Crippen LogP contribution in [-0.4, -0.2) is 17.8 Å². The minimum Gasteiger partial charge on any atom is -0.359 e. The SMILES string of the molecule is CN(Cc1ccsc1)C(=N)C1CCCC1. The van der Waals surface area contributed by atoms with Crippen LogP contribution in [0.25, 0.3) is 0 Å². The molecule has 0 atom stereocenters. The second kappa shape index (κ2) is 4.79. The molecule has 1 heterocycles. The average Bonchev–Trinajstić information content (AvgIpc) is 2.88. The Labute approximate surface area is 95.4 Å². The van der Waals surface area contributed by atoms with Gasteiger partial charge in [0.1, 0.15) is 0 Å². The molecule has 3 heteroatoms. The quantitative estimate of drug-likeness (QED) is 0.616. The summed E-state index contributed by atoms with van der Waals surface area (Å²) in [6.07, 6.45) is 5.04.